The van der Waals surface area contributed by atoms with Crippen LogP contribution in [0.25, 0.3) is 0 Å². The Labute approximate surface area is 129 Å². The van der Waals surface area contributed by atoms with Gasteiger partial charge in [-0.25, -0.2) is 4.98 Å². The predicted octanol–water partition coefficient (Wildman–Crippen LogP) is 1.83. The van der Waals surface area contributed by atoms with Gasteiger partial charge in [-0.3, -0.25) is 4.79 Å². The van der Waals surface area contributed by atoms with Crippen LogP contribution >= 0.6 is 0 Å². The van der Waals surface area contributed by atoms with Gasteiger partial charge in [0.15, 0.2) is 18.1 Å². The van der Waals surface area contributed by atoms with Crippen LogP contribution in [-0.2, 0) is 11.3 Å². The fourth-order valence-electron chi connectivity index (χ4n) is 1.82. The van der Waals surface area contributed by atoms with E-state index in [-0.39, 0.29) is 12.5 Å². The summed E-state index contributed by atoms with van der Waals surface area (Å²) in [5.41, 5.74) is 1.02. The predicted molar refractivity (Wildman–Crippen MR) is 84.1 cm³/mol. The van der Waals surface area contributed by atoms with E-state index in [1.54, 1.807) is 26.4 Å². The number of anilines is 1. The normalized spacial score (nSPS) is 9.91. The standard InChI is InChI=1S/C16H19N3O3/c1-17-16(20)11-22-13-7-6-12(9-14(13)21-2)10-19-15-5-3-4-8-18-15/h3-9H,10-11H2,1-2H3,(H,17,20)(H,18,19). The lowest BCUT2D eigenvalue weighted by Gasteiger charge is -2.12. The maximum atomic E-state index is 11.2. The van der Waals surface area contributed by atoms with Crippen molar-refractivity contribution in [2.24, 2.45) is 0 Å². The molecule has 1 amide bonds. The summed E-state index contributed by atoms with van der Waals surface area (Å²) in [5, 5.41) is 5.72. The molecule has 0 fully saturated rings. The van der Waals surface area contributed by atoms with Gasteiger partial charge in [-0.2, -0.15) is 0 Å². The third kappa shape index (κ3) is 4.37. The fourth-order valence-corrected chi connectivity index (χ4v) is 1.82. The first-order valence-electron chi connectivity index (χ1n) is 6.88. The van der Waals surface area contributed by atoms with Gasteiger partial charge in [-0.15, -0.1) is 0 Å². The number of nitrogens with one attached hydrogen (secondary N) is 2. The van der Waals surface area contributed by atoms with E-state index in [9.17, 15) is 4.79 Å². The summed E-state index contributed by atoms with van der Waals surface area (Å²) in [7, 11) is 3.13. The molecule has 2 rings (SSSR count). The number of amides is 1. The van der Waals surface area contributed by atoms with Gasteiger partial charge < -0.3 is 20.1 Å². The first-order valence-corrected chi connectivity index (χ1v) is 6.88. The monoisotopic (exact) mass is 301 g/mol. The van der Waals surface area contributed by atoms with Gasteiger partial charge in [-0.05, 0) is 29.8 Å². The number of benzene rings is 1. The van der Waals surface area contributed by atoms with Gasteiger partial charge in [0.2, 0.25) is 0 Å². The van der Waals surface area contributed by atoms with Crippen LogP contribution in [0, 0.1) is 0 Å². The second kappa shape index (κ2) is 7.87. The molecule has 116 valence electrons. The summed E-state index contributed by atoms with van der Waals surface area (Å²) in [4.78, 5) is 15.4. The number of carbonyl (C=O) groups excluding carboxylic acids is 1. The molecule has 6 nitrogen and oxygen atoms in total. The molecule has 0 bridgehead atoms. The Bertz CT molecular complexity index is 617. The van der Waals surface area contributed by atoms with Crippen molar-refractivity contribution in [2.75, 3.05) is 26.1 Å². The Kier molecular flexibility index (Phi) is 5.59. The molecule has 22 heavy (non-hydrogen) atoms. The summed E-state index contributed by atoms with van der Waals surface area (Å²) in [6.07, 6.45) is 1.73. The Morgan fingerprint density at radius 1 is 1.23 bits per heavy atom. The zero-order valence-electron chi connectivity index (χ0n) is 12.6. The number of pyridine rings is 1. The van der Waals surface area contributed by atoms with Crippen LogP contribution in [0.1, 0.15) is 5.56 Å². The number of likely N-dealkylation sites (N-methyl/N-ethyl adjacent to an activating group) is 1. The molecule has 1 heterocycles. The molecule has 1 aromatic carbocycles. The van der Waals surface area contributed by atoms with Crippen molar-refractivity contribution >= 4 is 11.7 Å². The highest BCUT2D eigenvalue weighted by Crippen LogP contribution is 2.28. The average molecular weight is 301 g/mol. The Hall–Kier alpha value is -2.76. The second-order valence-corrected chi connectivity index (χ2v) is 4.52. The molecular formula is C16H19N3O3. The molecule has 0 aliphatic rings. The third-order valence-electron chi connectivity index (χ3n) is 3.00. The number of nitrogens with zero attached hydrogens (tertiary/aromatic N) is 1. The van der Waals surface area contributed by atoms with E-state index in [1.165, 1.54) is 0 Å². The minimum atomic E-state index is -0.192. The quantitative estimate of drug-likeness (QED) is 0.816. The number of methoxy groups -OCH3 is 1. The molecular weight excluding hydrogens is 282 g/mol. The van der Waals surface area contributed by atoms with Crippen LogP contribution in [0.2, 0.25) is 0 Å². The molecule has 0 saturated carbocycles. The number of aromatic nitrogens is 1. The number of ether oxygens (including phenoxy) is 2. The molecule has 0 aliphatic carbocycles. The van der Waals surface area contributed by atoms with Crippen LogP contribution in [0.4, 0.5) is 5.82 Å². The molecule has 0 unspecified atom stereocenters. The third-order valence-corrected chi connectivity index (χ3v) is 3.00. The lowest BCUT2D eigenvalue weighted by atomic mass is 10.2. The van der Waals surface area contributed by atoms with E-state index in [0.29, 0.717) is 18.0 Å². The summed E-state index contributed by atoms with van der Waals surface area (Å²) >= 11 is 0. The van der Waals surface area contributed by atoms with Crippen molar-refractivity contribution in [1.29, 1.82) is 0 Å². The lowest BCUT2D eigenvalue weighted by molar-refractivity contribution is -0.122. The van der Waals surface area contributed by atoms with Crippen molar-refractivity contribution in [2.45, 2.75) is 6.54 Å². The topological polar surface area (TPSA) is 72.5 Å². The molecule has 2 aromatic rings. The van der Waals surface area contributed by atoms with Crippen molar-refractivity contribution in [3.05, 3.63) is 48.2 Å². The van der Waals surface area contributed by atoms with E-state index in [4.69, 9.17) is 9.47 Å². The highest BCUT2D eigenvalue weighted by molar-refractivity contribution is 5.77. The van der Waals surface area contributed by atoms with Gasteiger partial charge in [0.1, 0.15) is 5.82 Å². The van der Waals surface area contributed by atoms with Gasteiger partial charge in [-0.1, -0.05) is 12.1 Å². The minimum absolute atomic E-state index is 0.0433. The maximum Gasteiger partial charge on any atom is 0.257 e. The van der Waals surface area contributed by atoms with Crippen molar-refractivity contribution in [1.82, 2.24) is 10.3 Å². The molecule has 0 radical (unpaired) electrons. The summed E-state index contributed by atoms with van der Waals surface area (Å²) < 4.78 is 10.7. The average Bonchev–Trinajstić information content (AvgIpc) is 2.58. The molecule has 0 aliphatic heterocycles. The van der Waals surface area contributed by atoms with E-state index < -0.39 is 0 Å². The molecule has 6 heteroatoms. The molecule has 2 N–H and O–H groups in total. The van der Waals surface area contributed by atoms with Crippen LogP contribution in [0.15, 0.2) is 42.6 Å². The smallest absolute Gasteiger partial charge is 0.257 e. The number of hydrogen-bond acceptors (Lipinski definition) is 5. The zero-order valence-corrected chi connectivity index (χ0v) is 12.6. The first kappa shape index (κ1) is 15.6. The van der Waals surface area contributed by atoms with Crippen molar-refractivity contribution in [3.63, 3.8) is 0 Å². The number of hydrogen-bond donors (Lipinski definition) is 2. The first-order chi connectivity index (χ1) is 10.7. The second-order valence-electron chi connectivity index (χ2n) is 4.52. The van der Waals surface area contributed by atoms with E-state index in [2.05, 4.69) is 15.6 Å². The van der Waals surface area contributed by atoms with Crippen molar-refractivity contribution in [3.8, 4) is 11.5 Å². The minimum Gasteiger partial charge on any atom is -0.493 e. The Morgan fingerprint density at radius 2 is 2.09 bits per heavy atom. The summed E-state index contributed by atoms with van der Waals surface area (Å²) in [6, 6.07) is 11.3. The van der Waals surface area contributed by atoms with E-state index >= 15 is 0 Å². The Morgan fingerprint density at radius 3 is 2.77 bits per heavy atom. The highest BCUT2D eigenvalue weighted by Gasteiger charge is 2.08. The highest BCUT2D eigenvalue weighted by atomic mass is 16.5. The van der Waals surface area contributed by atoms with Crippen molar-refractivity contribution < 1.29 is 14.3 Å². The van der Waals surface area contributed by atoms with Gasteiger partial charge in [0, 0.05) is 19.8 Å². The number of rotatable bonds is 7. The molecule has 0 spiro atoms. The SMILES string of the molecule is CNC(=O)COc1ccc(CNc2ccccn2)cc1OC. The summed E-state index contributed by atoms with van der Waals surface area (Å²) in [5.74, 6) is 1.74. The van der Waals surface area contributed by atoms with Crippen LogP contribution < -0.4 is 20.1 Å². The van der Waals surface area contributed by atoms with Crippen LogP contribution in [0.5, 0.6) is 11.5 Å². The number of carbonyl (C=O) groups is 1. The lowest BCUT2D eigenvalue weighted by Crippen LogP contribution is -2.24. The van der Waals surface area contributed by atoms with Gasteiger partial charge >= 0.3 is 0 Å². The summed E-state index contributed by atoms with van der Waals surface area (Å²) in [6.45, 7) is 0.571. The van der Waals surface area contributed by atoms with Crippen LogP contribution in [0.3, 0.4) is 0 Å². The van der Waals surface area contributed by atoms with Gasteiger partial charge in [0.25, 0.3) is 5.91 Å². The molecule has 0 atom stereocenters. The Balaban J connectivity index is 2.00. The van der Waals surface area contributed by atoms with Gasteiger partial charge in [0.05, 0.1) is 7.11 Å². The molecule has 0 saturated heterocycles. The fraction of sp³-hybridized carbons (Fsp3) is 0.250. The van der Waals surface area contributed by atoms with E-state index in [1.807, 2.05) is 30.3 Å². The van der Waals surface area contributed by atoms with E-state index in [0.717, 1.165) is 11.4 Å². The van der Waals surface area contributed by atoms with Crippen LogP contribution in [-0.4, -0.2) is 31.7 Å². The molecule has 1 aromatic heterocycles. The largest absolute Gasteiger partial charge is 0.493 e. The maximum absolute atomic E-state index is 11.2. The zero-order chi connectivity index (χ0) is 15.8.